The lowest BCUT2D eigenvalue weighted by atomic mass is 9.76. The van der Waals surface area contributed by atoms with Gasteiger partial charge in [-0.2, -0.15) is 0 Å². The summed E-state index contributed by atoms with van der Waals surface area (Å²) < 4.78 is 61.2. The predicted octanol–water partition coefficient (Wildman–Crippen LogP) is 8.04. The second-order valence-corrected chi connectivity index (χ2v) is 26.5. The summed E-state index contributed by atoms with van der Waals surface area (Å²) in [4.78, 5) is 12.7. The van der Waals surface area contributed by atoms with Crippen LogP contribution in [0, 0.1) is 29.9 Å². The minimum Gasteiger partial charge on any atom is -0.462 e. The molecule has 6 aliphatic heterocycles. The van der Waals surface area contributed by atoms with Gasteiger partial charge in [0, 0.05) is 43.9 Å². The summed E-state index contributed by atoms with van der Waals surface area (Å²) in [5.41, 5.74) is 1.07. The van der Waals surface area contributed by atoms with Gasteiger partial charge >= 0.3 is 5.97 Å². The summed E-state index contributed by atoms with van der Waals surface area (Å²) in [6, 6.07) is 8.85. The predicted molar refractivity (Wildman–Crippen MR) is 239 cm³/mol. The second kappa shape index (κ2) is 18.9. The first kappa shape index (κ1) is 48.9. The van der Waals surface area contributed by atoms with Crippen molar-refractivity contribution in [2.24, 2.45) is 17.8 Å². The zero-order valence-electron chi connectivity index (χ0n) is 39.8. The fraction of sp³-hybridized carbons (Fsp3) is 0.780. The minimum atomic E-state index is -2.46. The van der Waals surface area contributed by atoms with E-state index < -0.39 is 68.1 Å². The number of hydrogen-bond donors (Lipinski definition) is 2. The number of rotatable bonds is 12. The maximum absolute atomic E-state index is 12.7. The van der Waals surface area contributed by atoms with E-state index in [1.807, 2.05) is 26.8 Å². The SMILES string of the molecule is C=C1[C]=[C][C@H](C[C@@H](O)[C@@]2(C)OC(C)(C)O[C@@H]2CCOC(=O)c2ccccc2)O[C@@H]2C[C@@H]3O[C@@H]4[C@@H](C)[C@H](C)[C@@]5(C[C@H](O)CO5)O[C@H]4[C@@H](O[Si](C(C)C)(C(C)C)C(C)C)[C@H](C)[C@H]3O[C@H]2C1. The summed E-state index contributed by atoms with van der Waals surface area (Å²) in [6.45, 7) is 30.5. The molecule has 6 aliphatic rings. The highest BCUT2D eigenvalue weighted by Gasteiger charge is 2.63. The number of benzene rings is 1. The second-order valence-electron chi connectivity index (χ2n) is 21.1. The fourth-order valence-corrected chi connectivity index (χ4v) is 17.8. The molecular formula is C50H76O12Si. The lowest BCUT2D eigenvalue weighted by Gasteiger charge is -2.53. The Hall–Kier alpha value is -2.01. The molecular weight excluding hydrogens is 821 g/mol. The molecule has 352 valence electrons. The molecule has 5 fully saturated rings. The van der Waals surface area contributed by atoms with Crippen LogP contribution in [-0.4, -0.2) is 122 Å². The lowest BCUT2D eigenvalue weighted by molar-refractivity contribution is -0.338. The lowest BCUT2D eigenvalue weighted by Crippen LogP contribution is -2.63. The molecule has 2 radical (unpaired) electrons. The molecule has 0 aromatic heterocycles. The average Bonchev–Trinajstić information content (AvgIpc) is 3.68. The third-order valence-electron chi connectivity index (χ3n) is 15.5. The Morgan fingerprint density at radius 1 is 0.905 bits per heavy atom. The fourth-order valence-electron chi connectivity index (χ4n) is 12.1. The van der Waals surface area contributed by atoms with Crippen LogP contribution in [0.1, 0.15) is 126 Å². The van der Waals surface area contributed by atoms with Gasteiger partial charge in [0.15, 0.2) is 11.6 Å². The summed E-state index contributed by atoms with van der Waals surface area (Å²) in [5, 5.41) is 22.9. The van der Waals surface area contributed by atoms with E-state index in [1.54, 1.807) is 24.3 Å². The number of fused-ring (bicyclic) bond motifs is 3. The van der Waals surface area contributed by atoms with Crippen LogP contribution >= 0.6 is 0 Å². The summed E-state index contributed by atoms with van der Waals surface area (Å²) in [5.74, 6) is -2.53. The molecule has 2 N–H and O–H groups in total. The van der Waals surface area contributed by atoms with Crippen LogP contribution in [-0.2, 0) is 42.3 Å². The number of hydrogen-bond acceptors (Lipinski definition) is 12. The van der Waals surface area contributed by atoms with Crippen molar-refractivity contribution < 1.29 is 57.3 Å². The Labute approximate surface area is 377 Å². The molecule has 0 saturated carbocycles. The van der Waals surface area contributed by atoms with Crippen molar-refractivity contribution in [1.82, 2.24) is 0 Å². The molecule has 0 amide bonds. The van der Waals surface area contributed by atoms with Crippen molar-refractivity contribution >= 4 is 14.3 Å². The number of aliphatic hydroxyl groups excluding tert-OH is 2. The van der Waals surface area contributed by atoms with Gasteiger partial charge in [-0.1, -0.05) is 87.1 Å². The molecule has 0 unspecified atom stereocenters. The Kier molecular flexibility index (Phi) is 14.7. The van der Waals surface area contributed by atoms with Gasteiger partial charge in [-0.05, 0) is 73.2 Å². The number of allylic oxidation sites excluding steroid dienone is 1. The Morgan fingerprint density at radius 3 is 2.21 bits per heavy atom. The Balaban J connectivity index is 1.13. The van der Waals surface area contributed by atoms with Gasteiger partial charge in [0.25, 0.3) is 0 Å². The zero-order chi connectivity index (χ0) is 45.8. The van der Waals surface area contributed by atoms with Crippen LogP contribution in [0.3, 0.4) is 0 Å². The van der Waals surface area contributed by atoms with E-state index >= 15 is 0 Å². The summed E-state index contributed by atoms with van der Waals surface area (Å²) >= 11 is 0. The summed E-state index contributed by atoms with van der Waals surface area (Å²) in [7, 11) is -2.46. The molecule has 13 heteroatoms. The minimum absolute atomic E-state index is 0.0114. The van der Waals surface area contributed by atoms with Crippen LogP contribution in [0.2, 0.25) is 16.6 Å². The third-order valence-corrected chi connectivity index (χ3v) is 21.6. The van der Waals surface area contributed by atoms with E-state index in [-0.39, 0.29) is 67.9 Å². The normalized spacial score (nSPS) is 40.9. The third kappa shape index (κ3) is 9.60. The number of carbonyl (C=O) groups is 1. The zero-order valence-corrected chi connectivity index (χ0v) is 40.8. The van der Waals surface area contributed by atoms with Crippen LogP contribution in [0.4, 0.5) is 0 Å². The topological polar surface area (TPSA) is 141 Å². The molecule has 0 bridgehead atoms. The van der Waals surface area contributed by atoms with Crippen molar-refractivity contribution in [3.8, 4) is 0 Å². The van der Waals surface area contributed by atoms with Crippen molar-refractivity contribution in [3.05, 3.63) is 60.2 Å². The monoisotopic (exact) mass is 897 g/mol. The first-order valence-corrected chi connectivity index (χ1v) is 25.9. The van der Waals surface area contributed by atoms with Gasteiger partial charge in [-0.25, -0.2) is 4.79 Å². The van der Waals surface area contributed by atoms with Crippen LogP contribution < -0.4 is 0 Å². The van der Waals surface area contributed by atoms with Crippen LogP contribution in [0.5, 0.6) is 0 Å². The first-order valence-electron chi connectivity index (χ1n) is 23.7. The van der Waals surface area contributed by atoms with Crippen LogP contribution in [0.15, 0.2) is 42.5 Å². The number of esters is 1. The standard InChI is InChI=1S/C50H76O12Si/c1-28(2)63(29(3)4,30(5)6)61-45-33(9)43-40(58-44-32(8)34(10)50(60-46(44)45)26-36(51)27-55-50)25-39-38(57-43)23-31(7)19-20-37(56-39)24-41(52)49(13)42(59-48(11,12)62-49)21-22-54-47(53)35-17-15-14-16-18-35/h14-18,28-30,32-34,36-46,51-52H,7,21-27H2,1-6,8-13H3/t32-,33+,34-,36-,37+,38-,39+,40-,41+,42+,43+,44+,45-,46+,49+,50+/m0/s1. The van der Waals surface area contributed by atoms with E-state index in [0.29, 0.717) is 47.9 Å². The maximum Gasteiger partial charge on any atom is 0.338 e. The van der Waals surface area contributed by atoms with Gasteiger partial charge in [-0.15, -0.1) is 0 Å². The highest BCUT2D eigenvalue weighted by molar-refractivity contribution is 6.77. The van der Waals surface area contributed by atoms with Gasteiger partial charge in [0.05, 0.1) is 79.8 Å². The molecule has 1 aromatic rings. The van der Waals surface area contributed by atoms with Crippen molar-refractivity contribution in [2.75, 3.05) is 13.2 Å². The van der Waals surface area contributed by atoms with Gasteiger partial charge < -0.3 is 52.5 Å². The quantitative estimate of drug-likeness (QED) is 0.155. The molecule has 1 spiro atoms. The maximum atomic E-state index is 12.7. The Bertz CT molecular complexity index is 1750. The van der Waals surface area contributed by atoms with E-state index in [1.165, 1.54) is 0 Å². The van der Waals surface area contributed by atoms with E-state index in [4.69, 9.17) is 42.3 Å². The number of ether oxygens (including phenoxy) is 8. The average molecular weight is 897 g/mol. The highest BCUT2D eigenvalue weighted by Crippen LogP contribution is 2.53. The number of carbonyl (C=O) groups excluding carboxylic acids is 1. The van der Waals surface area contributed by atoms with E-state index in [2.05, 4.69) is 81.0 Å². The van der Waals surface area contributed by atoms with Gasteiger partial charge in [-0.3, -0.25) is 0 Å². The molecule has 5 saturated heterocycles. The van der Waals surface area contributed by atoms with Crippen molar-refractivity contribution in [2.45, 2.75) is 216 Å². The molecule has 1 aromatic carbocycles. The van der Waals surface area contributed by atoms with Crippen molar-refractivity contribution in [3.63, 3.8) is 0 Å². The van der Waals surface area contributed by atoms with E-state index in [9.17, 15) is 15.0 Å². The molecule has 63 heavy (non-hydrogen) atoms. The van der Waals surface area contributed by atoms with Crippen molar-refractivity contribution in [1.29, 1.82) is 0 Å². The first-order chi connectivity index (χ1) is 29.6. The molecule has 16 atom stereocenters. The van der Waals surface area contributed by atoms with Gasteiger partial charge in [0.1, 0.15) is 11.7 Å². The van der Waals surface area contributed by atoms with E-state index in [0.717, 1.165) is 5.57 Å². The smallest absolute Gasteiger partial charge is 0.338 e. The molecule has 0 aliphatic carbocycles. The Morgan fingerprint density at radius 2 is 1.57 bits per heavy atom. The summed E-state index contributed by atoms with van der Waals surface area (Å²) in [6.07, 6.45) is 2.83. The van der Waals surface area contributed by atoms with Crippen LogP contribution in [0.25, 0.3) is 0 Å². The van der Waals surface area contributed by atoms with Gasteiger partial charge in [0.2, 0.25) is 8.32 Å². The number of aliphatic hydroxyl groups is 2. The largest absolute Gasteiger partial charge is 0.462 e. The highest BCUT2D eigenvalue weighted by atomic mass is 28.4. The molecule has 12 nitrogen and oxygen atoms in total. The molecule has 7 rings (SSSR count). The molecule has 6 heterocycles.